The van der Waals surface area contributed by atoms with Gasteiger partial charge in [0.05, 0.1) is 30.3 Å². The number of nitro groups is 1. The van der Waals surface area contributed by atoms with E-state index >= 15 is 0 Å². The van der Waals surface area contributed by atoms with E-state index in [1.165, 1.54) is 12.1 Å². The lowest BCUT2D eigenvalue weighted by molar-refractivity contribution is -0.384. The minimum absolute atomic E-state index is 0.00724. The second-order valence-corrected chi connectivity index (χ2v) is 4.76. The molecular formula is C14H22N2O5. The number of nitrogens with one attached hydrogen (secondary N) is 1. The highest BCUT2D eigenvalue weighted by Crippen LogP contribution is 2.26. The molecule has 0 fully saturated rings. The van der Waals surface area contributed by atoms with Crippen molar-refractivity contribution >= 4 is 11.4 Å². The number of hydrogen-bond donors (Lipinski definition) is 2. The van der Waals surface area contributed by atoms with Gasteiger partial charge in [-0.05, 0) is 20.3 Å². The number of aliphatic hydroxyl groups is 1. The lowest BCUT2D eigenvalue weighted by Crippen LogP contribution is -2.09. The Morgan fingerprint density at radius 2 is 2.10 bits per heavy atom. The summed E-state index contributed by atoms with van der Waals surface area (Å²) in [6, 6.07) is 4.62. The molecule has 0 bridgehead atoms. The summed E-state index contributed by atoms with van der Waals surface area (Å²) in [5, 5.41) is 22.6. The van der Waals surface area contributed by atoms with Gasteiger partial charge in [-0.15, -0.1) is 0 Å². The summed E-state index contributed by atoms with van der Waals surface area (Å²) in [5.74, 6) is 0.471. The summed E-state index contributed by atoms with van der Waals surface area (Å²) in [6.45, 7) is 5.21. The van der Waals surface area contributed by atoms with E-state index in [2.05, 4.69) is 5.32 Å². The highest BCUT2D eigenvalue weighted by molar-refractivity contribution is 5.56. The van der Waals surface area contributed by atoms with Crippen molar-refractivity contribution in [3.63, 3.8) is 0 Å². The summed E-state index contributed by atoms with van der Waals surface area (Å²) in [4.78, 5) is 10.5. The normalized spacial score (nSPS) is 10.7. The molecule has 118 valence electrons. The van der Waals surface area contributed by atoms with E-state index in [0.29, 0.717) is 31.2 Å². The lowest BCUT2D eigenvalue weighted by atomic mass is 10.2. The van der Waals surface area contributed by atoms with E-state index in [0.717, 1.165) is 6.42 Å². The van der Waals surface area contributed by atoms with E-state index in [1.54, 1.807) is 6.07 Å². The van der Waals surface area contributed by atoms with Gasteiger partial charge in [0.15, 0.2) is 0 Å². The van der Waals surface area contributed by atoms with Gasteiger partial charge >= 0.3 is 0 Å². The van der Waals surface area contributed by atoms with Gasteiger partial charge in [0.1, 0.15) is 5.75 Å². The number of nitro benzene ring substituents is 1. The van der Waals surface area contributed by atoms with Gasteiger partial charge in [-0.25, -0.2) is 0 Å². The van der Waals surface area contributed by atoms with Crippen LogP contribution in [0.2, 0.25) is 0 Å². The third kappa shape index (κ3) is 6.92. The van der Waals surface area contributed by atoms with E-state index < -0.39 is 4.92 Å². The quantitative estimate of drug-likeness (QED) is 0.391. The van der Waals surface area contributed by atoms with Crippen molar-refractivity contribution in [2.24, 2.45) is 0 Å². The number of benzene rings is 1. The van der Waals surface area contributed by atoms with Crippen LogP contribution in [0.4, 0.5) is 11.4 Å². The second kappa shape index (κ2) is 9.15. The maximum atomic E-state index is 10.9. The Morgan fingerprint density at radius 1 is 1.33 bits per heavy atom. The summed E-state index contributed by atoms with van der Waals surface area (Å²) < 4.78 is 10.6. The molecule has 0 spiro atoms. The molecule has 7 heteroatoms. The van der Waals surface area contributed by atoms with Gasteiger partial charge in [-0.1, -0.05) is 0 Å². The SMILES string of the molecule is CC(C)Oc1cc(NCCCOCCO)cc([N+](=O)[O-])c1. The fourth-order valence-electron chi connectivity index (χ4n) is 1.70. The molecule has 0 aliphatic carbocycles. The van der Waals surface area contributed by atoms with Crippen LogP contribution in [0.5, 0.6) is 5.75 Å². The fourth-order valence-corrected chi connectivity index (χ4v) is 1.70. The molecule has 0 amide bonds. The van der Waals surface area contributed by atoms with Gasteiger partial charge in [-0.3, -0.25) is 10.1 Å². The van der Waals surface area contributed by atoms with Crippen molar-refractivity contribution in [2.45, 2.75) is 26.4 Å². The molecule has 0 atom stereocenters. The molecule has 0 saturated heterocycles. The first-order valence-corrected chi connectivity index (χ1v) is 6.91. The molecule has 1 aromatic rings. The maximum Gasteiger partial charge on any atom is 0.275 e. The first-order chi connectivity index (χ1) is 10.0. The molecule has 0 aliphatic rings. The summed E-state index contributed by atoms with van der Waals surface area (Å²) >= 11 is 0. The average Bonchev–Trinajstić information content (AvgIpc) is 2.41. The molecule has 1 rings (SSSR count). The summed E-state index contributed by atoms with van der Waals surface area (Å²) in [6.07, 6.45) is 0.690. The van der Waals surface area contributed by atoms with Crippen LogP contribution in [0.3, 0.4) is 0 Å². The predicted octanol–water partition coefficient (Wildman–Crippen LogP) is 2.19. The van der Waals surface area contributed by atoms with Crippen molar-refractivity contribution in [3.8, 4) is 5.75 Å². The van der Waals surface area contributed by atoms with Crippen LogP contribution in [-0.2, 0) is 4.74 Å². The molecule has 21 heavy (non-hydrogen) atoms. The first kappa shape index (κ1) is 17.2. The van der Waals surface area contributed by atoms with Gasteiger partial charge in [-0.2, -0.15) is 0 Å². The standard InChI is InChI=1S/C14H22N2O5/c1-11(2)21-14-9-12(8-13(10-14)16(18)19)15-4-3-6-20-7-5-17/h8-11,15,17H,3-7H2,1-2H3. The van der Waals surface area contributed by atoms with E-state index in [1.807, 2.05) is 13.8 Å². The van der Waals surface area contributed by atoms with Crippen molar-refractivity contribution in [3.05, 3.63) is 28.3 Å². The van der Waals surface area contributed by atoms with Crippen LogP contribution in [0.25, 0.3) is 0 Å². The number of ether oxygens (including phenoxy) is 2. The van der Waals surface area contributed by atoms with Crippen LogP contribution < -0.4 is 10.1 Å². The van der Waals surface area contributed by atoms with Gasteiger partial charge in [0, 0.05) is 31.0 Å². The molecule has 0 aliphatic heterocycles. The minimum Gasteiger partial charge on any atom is -0.491 e. The summed E-state index contributed by atoms with van der Waals surface area (Å²) in [7, 11) is 0. The Kier molecular flexibility index (Phi) is 7.49. The topological polar surface area (TPSA) is 93.9 Å². The van der Waals surface area contributed by atoms with E-state index in [-0.39, 0.29) is 18.4 Å². The largest absolute Gasteiger partial charge is 0.491 e. The zero-order valence-corrected chi connectivity index (χ0v) is 12.4. The second-order valence-electron chi connectivity index (χ2n) is 4.76. The van der Waals surface area contributed by atoms with E-state index in [4.69, 9.17) is 14.6 Å². The maximum absolute atomic E-state index is 10.9. The molecule has 0 radical (unpaired) electrons. The Bertz CT molecular complexity index is 451. The Hall–Kier alpha value is -1.86. The third-order valence-electron chi connectivity index (χ3n) is 2.50. The molecule has 0 unspecified atom stereocenters. The van der Waals surface area contributed by atoms with Crippen molar-refractivity contribution in [1.82, 2.24) is 0 Å². The summed E-state index contributed by atoms with van der Waals surface area (Å²) in [5.41, 5.74) is 0.634. The number of rotatable bonds is 10. The van der Waals surface area contributed by atoms with Crippen molar-refractivity contribution in [1.29, 1.82) is 0 Å². The van der Waals surface area contributed by atoms with Crippen molar-refractivity contribution < 1.29 is 19.5 Å². The predicted molar refractivity (Wildman–Crippen MR) is 79.9 cm³/mol. The van der Waals surface area contributed by atoms with Crippen molar-refractivity contribution in [2.75, 3.05) is 31.7 Å². The fraction of sp³-hybridized carbons (Fsp3) is 0.571. The number of hydrogen-bond acceptors (Lipinski definition) is 6. The zero-order valence-electron chi connectivity index (χ0n) is 12.4. The highest BCUT2D eigenvalue weighted by atomic mass is 16.6. The number of anilines is 1. The molecule has 2 N–H and O–H groups in total. The number of aliphatic hydroxyl groups excluding tert-OH is 1. The first-order valence-electron chi connectivity index (χ1n) is 6.91. The zero-order chi connectivity index (χ0) is 15.7. The number of nitrogens with zero attached hydrogens (tertiary/aromatic N) is 1. The van der Waals surface area contributed by atoms with Crippen LogP contribution in [0.15, 0.2) is 18.2 Å². The van der Waals surface area contributed by atoms with Crippen LogP contribution in [0, 0.1) is 10.1 Å². The smallest absolute Gasteiger partial charge is 0.275 e. The Morgan fingerprint density at radius 3 is 2.71 bits per heavy atom. The van der Waals surface area contributed by atoms with Gasteiger partial charge in [0.2, 0.25) is 0 Å². The van der Waals surface area contributed by atoms with Gasteiger partial charge in [0.25, 0.3) is 5.69 Å². The van der Waals surface area contributed by atoms with Crippen LogP contribution >= 0.6 is 0 Å². The monoisotopic (exact) mass is 298 g/mol. The minimum atomic E-state index is -0.442. The average molecular weight is 298 g/mol. The third-order valence-corrected chi connectivity index (χ3v) is 2.50. The molecular weight excluding hydrogens is 276 g/mol. The molecule has 0 aromatic heterocycles. The number of non-ortho nitro benzene ring substituents is 1. The van der Waals surface area contributed by atoms with Crippen LogP contribution in [-0.4, -0.2) is 42.5 Å². The van der Waals surface area contributed by atoms with Gasteiger partial charge < -0.3 is 19.9 Å². The lowest BCUT2D eigenvalue weighted by Gasteiger charge is -2.12. The Labute approximate surface area is 124 Å². The molecule has 7 nitrogen and oxygen atoms in total. The Balaban J connectivity index is 2.59. The molecule has 1 aromatic carbocycles. The van der Waals surface area contributed by atoms with Crippen LogP contribution in [0.1, 0.15) is 20.3 Å². The van der Waals surface area contributed by atoms with E-state index in [9.17, 15) is 10.1 Å². The molecule has 0 saturated carbocycles. The molecule has 0 heterocycles. The highest BCUT2D eigenvalue weighted by Gasteiger charge is 2.11.